The number of nitro groups is 1. The van der Waals surface area contributed by atoms with Crippen molar-refractivity contribution in [2.75, 3.05) is 5.32 Å². The van der Waals surface area contributed by atoms with Gasteiger partial charge in [0.05, 0.1) is 10.5 Å². The molecule has 0 fully saturated rings. The van der Waals surface area contributed by atoms with Gasteiger partial charge in [0.1, 0.15) is 17.1 Å². The minimum Gasteiger partial charge on any atom is -0.444 e. The fourth-order valence-corrected chi connectivity index (χ4v) is 1.98. The highest BCUT2D eigenvalue weighted by atomic mass is 19.1. The number of amides is 1. The first kappa shape index (κ1) is 18.9. The second-order valence-electron chi connectivity index (χ2n) is 6.35. The molecule has 0 bridgehead atoms. The summed E-state index contributed by atoms with van der Waals surface area (Å²) < 4.78 is 18.7. The van der Waals surface area contributed by atoms with Crippen LogP contribution in [0.15, 0.2) is 42.5 Å². The van der Waals surface area contributed by atoms with Gasteiger partial charge in [-0.25, -0.2) is 9.18 Å². The molecule has 0 radical (unpaired) electrons. The first-order chi connectivity index (χ1) is 12.2. The average molecular weight is 356 g/mol. The maximum absolute atomic E-state index is 13.6. The molecule has 0 atom stereocenters. The van der Waals surface area contributed by atoms with E-state index in [9.17, 15) is 19.3 Å². The highest BCUT2D eigenvalue weighted by Crippen LogP contribution is 2.26. The molecule has 6 nitrogen and oxygen atoms in total. The van der Waals surface area contributed by atoms with Crippen molar-refractivity contribution in [1.29, 1.82) is 0 Å². The summed E-state index contributed by atoms with van der Waals surface area (Å²) in [5, 5.41) is 13.6. The van der Waals surface area contributed by atoms with E-state index >= 15 is 0 Å². The van der Waals surface area contributed by atoms with E-state index < -0.39 is 22.4 Å². The van der Waals surface area contributed by atoms with E-state index in [0.717, 1.165) is 0 Å². The van der Waals surface area contributed by atoms with Gasteiger partial charge in [0, 0.05) is 11.6 Å². The molecular formula is C19H17FN2O4. The number of nitrogens with zero attached hydrogens (tertiary/aromatic N) is 1. The number of hydrogen-bond donors (Lipinski definition) is 1. The molecule has 0 aliphatic rings. The fourth-order valence-electron chi connectivity index (χ4n) is 1.98. The number of hydrogen-bond acceptors (Lipinski definition) is 4. The summed E-state index contributed by atoms with van der Waals surface area (Å²) in [4.78, 5) is 22.4. The summed E-state index contributed by atoms with van der Waals surface area (Å²) in [5.74, 6) is 4.83. The van der Waals surface area contributed by atoms with Crippen LogP contribution in [-0.2, 0) is 4.74 Å². The number of nitro benzene ring substituents is 1. The molecule has 1 amide bonds. The minimum absolute atomic E-state index is 0.0132. The van der Waals surface area contributed by atoms with Gasteiger partial charge in [0.2, 0.25) is 0 Å². The van der Waals surface area contributed by atoms with Crippen LogP contribution in [0.2, 0.25) is 0 Å². The van der Waals surface area contributed by atoms with Crippen molar-refractivity contribution in [1.82, 2.24) is 0 Å². The van der Waals surface area contributed by atoms with E-state index in [1.807, 2.05) is 0 Å². The second-order valence-corrected chi connectivity index (χ2v) is 6.35. The standard InChI is InChI=1S/C19H17FN2O4/c1-19(2,3)26-18(23)21-16-11-9-13(12-17(16)22(24)25)8-10-14-6-4-5-7-15(14)20/h4-7,9,11-12H,1-3H3,(H,21,23). The maximum atomic E-state index is 13.6. The molecule has 7 heteroatoms. The monoisotopic (exact) mass is 356 g/mol. The number of benzene rings is 2. The smallest absolute Gasteiger partial charge is 0.412 e. The van der Waals surface area contributed by atoms with Gasteiger partial charge in [-0.2, -0.15) is 0 Å². The Bertz CT molecular complexity index is 908. The first-order valence-corrected chi connectivity index (χ1v) is 7.71. The molecule has 1 N–H and O–H groups in total. The van der Waals surface area contributed by atoms with Crippen molar-refractivity contribution in [2.45, 2.75) is 26.4 Å². The number of nitrogens with one attached hydrogen (secondary N) is 1. The molecule has 0 saturated heterocycles. The van der Waals surface area contributed by atoms with Gasteiger partial charge in [-0.3, -0.25) is 15.4 Å². The zero-order valence-corrected chi connectivity index (χ0v) is 14.5. The van der Waals surface area contributed by atoms with Crippen molar-refractivity contribution in [3.05, 3.63) is 69.5 Å². The van der Waals surface area contributed by atoms with Crippen molar-refractivity contribution in [3.63, 3.8) is 0 Å². The molecule has 134 valence electrons. The molecule has 26 heavy (non-hydrogen) atoms. The van der Waals surface area contributed by atoms with Crippen molar-refractivity contribution in [3.8, 4) is 11.8 Å². The molecule has 0 unspecified atom stereocenters. The highest BCUT2D eigenvalue weighted by molar-refractivity contribution is 5.88. The van der Waals surface area contributed by atoms with E-state index in [1.165, 1.54) is 30.3 Å². The molecule has 2 rings (SSSR count). The Morgan fingerprint density at radius 1 is 1.19 bits per heavy atom. The van der Waals surface area contributed by atoms with Crippen LogP contribution < -0.4 is 5.32 Å². The molecule has 0 aliphatic heterocycles. The maximum Gasteiger partial charge on any atom is 0.412 e. The second kappa shape index (κ2) is 7.66. The Kier molecular flexibility index (Phi) is 5.58. The molecule has 0 saturated carbocycles. The third-order valence-corrected chi connectivity index (χ3v) is 3.05. The minimum atomic E-state index is -0.800. The van der Waals surface area contributed by atoms with Crippen LogP contribution in [0.25, 0.3) is 0 Å². The first-order valence-electron chi connectivity index (χ1n) is 7.71. The number of anilines is 1. The molecule has 0 aliphatic carbocycles. The van der Waals surface area contributed by atoms with Crippen LogP contribution in [0, 0.1) is 27.8 Å². The van der Waals surface area contributed by atoms with Gasteiger partial charge in [-0.05, 0) is 45.0 Å². The number of halogens is 1. The van der Waals surface area contributed by atoms with Crippen molar-refractivity contribution < 1.29 is 18.8 Å². The summed E-state index contributed by atoms with van der Waals surface area (Å²) in [6, 6.07) is 10.0. The van der Waals surface area contributed by atoms with E-state index in [2.05, 4.69) is 17.2 Å². The topological polar surface area (TPSA) is 81.5 Å². The largest absolute Gasteiger partial charge is 0.444 e. The third-order valence-electron chi connectivity index (χ3n) is 3.05. The lowest BCUT2D eigenvalue weighted by molar-refractivity contribution is -0.383. The van der Waals surface area contributed by atoms with E-state index in [1.54, 1.807) is 32.9 Å². The Morgan fingerprint density at radius 3 is 2.50 bits per heavy atom. The lowest BCUT2D eigenvalue weighted by Crippen LogP contribution is -2.27. The molecule has 0 heterocycles. The summed E-state index contributed by atoms with van der Waals surface area (Å²) in [6.07, 6.45) is -0.800. The summed E-state index contributed by atoms with van der Waals surface area (Å²) >= 11 is 0. The van der Waals surface area contributed by atoms with Gasteiger partial charge in [-0.15, -0.1) is 0 Å². The predicted molar refractivity (Wildman–Crippen MR) is 95.3 cm³/mol. The van der Waals surface area contributed by atoms with Gasteiger partial charge in [0.15, 0.2) is 0 Å². The zero-order chi connectivity index (χ0) is 19.3. The predicted octanol–water partition coefficient (Wildman–Crippen LogP) is 4.48. The van der Waals surface area contributed by atoms with E-state index in [4.69, 9.17) is 4.74 Å². The SMILES string of the molecule is CC(C)(C)OC(=O)Nc1ccc(C#Cc2ccccc2F)cc1[N+](=O)[O-]. The third kappa shape index (κ3) is 5.31. The van der Waals surface area contributed by atoms with Crippen LogP contribution >= 0.6 is 0 Å². The molecule has 2 aromatic rings. The van der Waals surface area contributed by atoms with Crippen LogP contribution in [0.3, 0.4) is 0 Å². The fraction of sp³-hybridized carbons (Fsp3) is 0.211. The molecular weight excluding hydrogens is 339 g/mol. The Labute approximate surface area is 150 Å². The number of rotatable bonds is 2. The summed E-state index contributed by atoms with van der Waals surface area (Å²) in [6.45, 7) is 5.05. The van der Waals surface area contributed by atoms with Crippen LogP contribution in [0.4, 0.5) is 20.6 Å². The Hall–Kier alpha value is -3.40. The molecule has 0 aromatic heterocycles. The number of carbonyl (C=O) groups is 1. The quantitative estimate of drug-likeness (QED) is 0.489. The van der Waals surface area contributed by atoms with Crippen LogP contribution in [0.5, 0.6) is 0 Å². The van der Waals surface area contributed by atoms with Gasteiger partial charge in [0.25, 0.3) is 5.69 Å². The zero-order valence-electron chi connectivity index (χ0n) is 14.5. The van der Waals surface area contributed by atoms with Crippen molar-refractivity contribution >= 4 is 17.5 Å². The van der Waals surface area contributed by atoms with E-state index in [0.29, 0.717) is 5.56 Å². The van der Waals surface area contributed by atoms with Gasteiger partial charge < -0.3 is 4.74 Å². The number of ether oxygens (including phenoxy) is 1. The average Bonchev–Trinajstić information content (AvgIpc) is 2.53. The highest BCUT2D eigenvalue weighted by Gasteiger charge is 2.20. The number of carbonyl (C=O) groups excluding carboxylic acids is 1. The Morgan fingerprint density at radius 2 is 1.88 bits per heavy atom. The van der Waals surface area contributed by atoms with E-state index in [-0.39, 0.29) is 16.9 Å². The van der Waals surface area contributed by atoms with Gasteiger partial charge in [-0.1, -0.05) is 24.0 Å². The van der Waals surface area contributed by atoms with Crippen LogP contribution in [-0.4, -0.2) is 16.6 Å². The lowest BCUT2D eigenvalue weighted by atomic mass is 10.1. The Balaban J connectivity index is 2.28. The normalized spacial score (nSPS) is 10.5. The summed E-state index contributed by atoms with van der Waals surface area (Å²) in [5.41, 5.74) is -0.581. The lowest BCUT2D eigenvalue weighted by Gasteiger charge is -2.19. The van der Waals surface area contributed by atoms with Crippen molar-refractivity contribution in [2.24, 2.45) is 0 Å². The molecule has 0 spiro atoms. The van der Waals surface area contributed by atoms with Gasteiger partial charge >= 0.3 is 6.09 Å². The van der Waals surface area contributed by atoms with Crippen LogP contribution in [0.1, 0.15) is 31.9 Å². The molecule has 2 aromatic carbocycles. The summed E-state index contributed by atoms with van der Waals surface area (Å²) in [7, 11) is 0.